The van der Waals surface area contributed by atoms with Crippen LogP contribution in [0.2, 0.25) is 0 Å². The molecule has 3 heteroatoms. The average molecular weight is 213 g/mol. The van der Waals surface area contributed by atoms with Gasteiger partial charge in [-0.15, -0.1) is 11.3 Å². The van der Waals surface area contributed by atoms with E-state index in [9.17, 15) is 0 Å². The second-order valence-electron chi connectivity index (χ2n) is 3.67. The molecule has 2 N–H and O–H groups in total. The van der Waals surface area contributed by atoms with Gasteiger partial charge in [0, 0.05) is 23.6 Å². The third kappa shape index (κ3) is 3.78. The topological polar surface area (TPSA) is 32.3 Å². The van der Waals surface area contributed by atoms with Gasteiger partial charge in [-0.3, -0.25) is 0 Å². The largest absolute Gasteiger partial charge is 0.396 e. The molecule has 0 amide bonds. The van der Waals surface area contributed by atoms with Crippen LogP contribution in [0.25, 0.3) is 0 Å². The van der Waals surface area contributed by atoms with E-state index in [4.69, 9.17) is 5.11 Å². The van der Waals surface area contributed by atoms with Crippen molar-refractivity contribution in [3.63, 3.8) is 0 Å². The van der Waals surface area contributed by atoms with E-state index in [0.717, 1.165) is 12.8 Å². The summed E-state index contributed by atoms with van der Waals surface area (Å²) in [6, 6.07) is 5.13. The maximum atomic E-state index is 8.71. The minimum absolute atomic E-state index is 0.291. The van der Waals surface area contributed by atoms with Gasteiger partial charge in [0.2, 0.25) is 0 Å². The summed E-state index contributed by atoms with van der Waals surface area (Å²) < 4.78 is 0. The minimum atomic E-state index is 0.291. The first-order valence-electron chi connectivity index (χ1n) is 5.14. The van der Waals surface area contributed by atoms with Crippen LogP contribution < -0.4 is 5.32 Å². The second-order valence-corrected chi connectivity index (χ2v) is 4.65. The van der Waals surface area contributed by atoms with Crippen molar-refractivity contribution >= 4 is 11.3 Å². The maximum absolute atomic E-state index is 8.71. The second kappa shape index (κ2) is 6.17. The summed E-state index contributed by atoms with van der Waals surface area (Å²) in [7, 11) is 0. The highest BCUT2D eigenvalue weighted by Gasteiger charge is 2.09. The lowest BCUT2D eigenvalue weighted by molar-refractivity contribution is 0.274. The van der Waals surface area contributed by atoms with Crippen LogP contribution in [0.15, 0.2) is 17.5 Å². The molecule has 2 nitrogen and oxygen atoms in total. The van der Waals surface area contributed by atoms with Crippen LogP contribution in [0.3, 0.4) is 0 Å². The Bertz CT molecular complexity index is 235. The molecule has 0 fully saturated rings. The monoisotopic (exact) mass is 213 g/mol. The standard InChI is InChI=1S/C11H19NOS/c1-9(5-3-7-13)12-10(2)11-6-4-8-14-11/h4,6,8-10,12-13H,3,5,7H2,1-2H3/t9-,10-/m0/s1. The Morgan fingerprint density at radius 1 is 1.50 bits per heavy atom. The molecule has 0 aliphatic carbocycles. The third-order valence-electron chi connectivity index (χ3n) is 2.30. The lowest BCUT2D eigenvalue weighted by Gasteiger charge is -2.18. The van der Waals surface area contributed by atoms with E-state index in [1.807, 2.05) is 0 Å². The Kier molecular flexibility index (Phi) is 5.15. The Labute approximate surface area is 90.0 Å². The van der Waals surface area contributed by atoms with E-state index in [1.165, 1.54) is 4.88 Å². The van der Waals surface area contributed by atoms with Crippen LogP contribution in [0.1, 0.15) is 37.6 Å². The van der Waals surface area contributed by atoms with E-state index in [-0.39, 0.29) is 0 Å². The fourth-order valence-corrected chi connectivity index (χ4v) is 2.27. The summed E-state index contributed by atoms with van der Waals surface area (Å²) >= 11 is 1.78. The molecule has 1 aromatic heterocycles. The highest BCUT2D eigenvalue weighted by atomic mass is 32.1. The van der Waals surface area contributed by atoms with Gasteiger partial charge < -0.3 is 10.4 Å². The van der Waals surface area contributed by atoms with Crippen molar-refractivity contribution in [2.75, 3.05) is 6.61 Å². The number of rotatable bonds is 6. The molecular weight excluding hydrogens is 194 g/mol. The van der Waals surface area contributed by atoms with Crippen molar-refractivity contribution in [3.05, 3.63) is 22.4 Å². The summed E-state index contributed by atoms with van der Waals surface area (Å²) in [5, 5.41) is 14.3. The molecule has 1 heterocycles. The first kappa shape index (κ1) is 11.7. The molecule has 1 rings (SSSR count). The lowest BCUT2D eigenvalue weighted by atomic mass is 10.1. The predicted molar refractivity (Wildman–Crippen MR) is 61.7 cm³/mol. The molecule has 0 saturated carbocycles. The van der Waals surface area contributed by atoms with E-state index < -0.39 is 0 Å². The van der Waals surface area contributed by atoms with Gasteiger partial charge in [-0.2, -0.15) is 0 Å². The first-order chi connectivity index (χ1) is 6.74. The van der Waals surface area contributed by atoms with Crippen LogP contribution in [0.5, 0.6) is 0 Å². The number of hydrogen-bond donors (Lipinski definition) is 2. The van der Waals surface area contributed by atoms with Crippen LogP contribution in [-0.2, 0) is 0 Å². The van der Waals surface area contributed by atoms with Crippen molar-refractivity contribution in [1.29, 1.82) is 0 Å². The van der Waals surface area contributed by atoms with Crippen LogP contribution in [0, 0.1) is 0 Å². The van der Waals surface area contributed by atoms with Crippen molar-refractivity contribution in [2.45, 2.75) is 38.8 Å². The molecule has 14 heavy (non-hydrogen) atoms. The van der Waals surface area contributed by atoms with Gasteiger partial charge in [0.05, 0.1) is 0 Å². The Morgan fingerprint density at radius 2 is 2.29 bits per heavy atom. The number of aliphatic hydroxyl groups excluding tert-OH is 1. The van der Waals surface area contributed by atoms with Gasteiger partial charge >= 0.3 is 0 Å². The Balaban J connectivity index is 2.29. The fourth-order valence-electron chi connectivity index (χ4n) is 1.53. The number of thiophene rings is 1. The number of hydrogen-bond acceptors (Lipinski definition) is 3. The quantitative estimate of drug-likeness (QED) is 0.761. The van der Waals surface area contributed by atoms with Crippen molar-refractivity contribution in [2.24, 2.45) is 0 Å². The number of nitrogens with one attached hydrogen (secondary N) is 1. The summed E-state index contributed by atoms with van der Waals surface area (Å²) in [6.07, 6.45) is 1.91. The van der Waals surface area contributed by atoms with Gasteiger partial charge in [0.1, 0.15) is 0 Å². The van der Waals surface area contributed by atoms with Gasteiger partial charge in [-0.25, -0.2) is 0 Å². The molecule has 0 radical (unpaired) electrons. The molecule has 1 aromatic rings. The molecule has 0 saturated heterocycles. The molecule has 0 aromatic carbocycles. The summed E-state index contributed by atoms with van der Waals surface area (Å²) in [5.74, 6) is 0. The zero-order chi connectivity index (χ0) is 10.4. The molecule has 0 bridgehead atoms. The Hall–Kier alpha value is -0.380. The van der Waals surface area contributed by atoms with E-state index in [1.54, 1.807) is 11.3 Å². The third-order valence-corrected chi connectivity index (χ3v) is 3.35. The molecule has 2 atom stereocenters. The highest BCUT2D eigenvalue weighted by Crippen LogP contribution is 2.19. The van der Waals surface area contributed by atoms with Crippen molar-refractivity contribution in [3.8, 4) is 0 Å². The molecule has 0 unspecified atom stereocenters. The van der Waals surface area contributed by atoms with E-state index in [2.05, 4.69) is 36.7 Å². The van der Waals surface area contributed by atoms with Gasteiger partial charge in [-0.1, -0.05) is 6.07 Å². The summed E-state index contributed by atoms with van der Waals surface area (Å²) in [6.45, 7) is 4.64. The average Bonchev–Trinajstić information content (AvgIpc) is 2.67. The SMILES string of the molecule is C[C@H](N[C@@H](C)CCCO)c1cccs1. The van der Waals surface area contributed by atoms with E-state index in [0.29, 0.717) is 18.7 Å². The highest BCUT2D eigenvalue weighted by molar-refractivity contribution is 7.10. The molecule has 0 spiro atoms. The summed E-state index contributed by atoms with van der Waals surface area (Å²) in [5.41, 5.74) is 0. The zero-order valence-corrected chi connectivity index (χ0v) is 9.68. The predicted octanol–water partition coefficient (Wildman–Crippen LogP) is 2.56. The summed E-state index contributed by atoms with van der Waals surface area (Å²) in [4.78, 5) is 1.38. The fraction of sp³-hybridized carbons (Fsp3) is 0.636. The van der Waals surface area contributed by atoms with Crippen molar-refractivity contribution in [1.82, 2.24) is 5.32 Å². The molecule has 80 valence electrons. The molecular formula is C11H19NOS. The Morgan fingerprint density at radius 3 is 2.86 bits per heavy atom. The molecule has 0 aliphatic rings. The first-order valence-corrected chi connectivity index (χ1v) is 6.02. The van der Waals surface area contributed by atoms with Crippen LogP contribution in [0.4, 0.5) is 0 Å². The van der Waals surface area contributed by atoms with Crippen molar-refractivity contribution < 1.29 is 5.11 Å². The lowest BCUT2D eigenvalue weighted by Crippen LogP contribution is -2.28. The van der Waals surface area contributed by atoms with Gasteiger partial charge in [0.15, 0.2) is 0 Å². The van der Waals surface area contributed by atoms with Crippen LogP contribution in [-0.4, -0.2) is 17.8 Å². The normalized spacial score (nSPS) is 15.4. The van der Waals surface area contributed by atoms with Gasteiger partial charge in [-0.05, 0) is 38.1 Å². The van der Waals surface area contributed by atoms with Crippen LogP contribution >= 0.6 is 11.3 Å². The smallest absolute Gasteiger partial charge is 0.0431 e. The maximum Gasteiger partial charge on any atom is 0.0431 e. The number of aliphatic hydroxyl groups is 1. The minimum Gasteiger partial charge on any atom is -0.396 e. The van der Waals surface area contributed by atoms with Gasteiger partial charge in [0.25, 0.3) is 0 Å². The van der Waals surface area contributed by atoms with E-state index >= 15 is 0 Å². The zero-order valence-electron chi connectivity index (χ0n) is 8.86. The molecule has 0 aliphatic heterocycles.